The van der Waals surface area contributed by atoms with Gasteiger partial charge in [-0.3, -0.25) is 10.7 Å². The van der Waals surface area contributed by atoms with Crippen LogP contribution in [0.3, 0.4) is 0 Å². The van der Waals surface area contributed by atoms with Crippen molar-refractivity contribution in [1.29, 1.82) is 0 Å². The lowest BCUT2D eigenvalue weighted by molar-refractivity contribution is -0.671. The molecule has 7 heteroatoms. The second kappa shape index (κ2) is 4.05. The molecule has 94 valence electrons. The molecule has 2 heterocycles. The topological polar surface area (TPSA) is 106 Å². The third kappa shape index (κ3) is 1.77. The fraction of sp³-hybridized carbons (Fsp3) is 0. The monoisotopic (exact) mass is 255 g/mol. The van der Waals surface area contributed by atoms with Gasteiger partial charge in [-0.15, -0.1) is 0 Å². The number of hydrogen-bond acceptors (Lipinski definition) is 5. The van der Waals surface area contributed by atoms with E-state index in [0.29, 0.717) is 9.58 Å². The van der Waals surface area contributed by atoms with E-state index in [-0.39, 0.29) is 17.0 Å². The molecule has 0 amide bonds. The highest BCUT2D eigenvalue weighted by Crippen LogP contribution is 2.20. The molecule has 0 aliphatic carbocycles. The van der Waals surface area contributed by atoms with Crippen LogP contribution in [0.5, 0.6) is 0 Å². The van der Waals surface area contributed by atoms with Crippen molar-refractivity contribution in [3.05, 3.63) is 53.1 Å². The van der Waals surface area contributed by atoms with Crippen LogP contribution in [-0.2, 0) is 0 Å². The van der Waals surface area contributed by atoms with Crippen LogP contribution < -0.4 is 15.3 Å². The molecular weight excluding hydrogens is 246 g/mol. The molecule has 7 nitrogen and oxygen atoms in total. The summed E-state index contributed by atoms with van der Waals surface area (Å²) in [5, 5.41) is 26.8. The maximum Gasteiger partial charge on any atom is 0.458 e. The van der Waals surface area contributed by atoms with E-state index in [2.05, 4.69) is 10.1 Å². The van der Waals surface area contributed by atoms with Gasteiger partial charge < -0.3 is 10.4 Å². The first kappa shape index (κ1) is 11.1. The maximum absolute atomic E-state index is 11.7. The predicted molar refractivity (Wildman–Crippen MR) is 67.3 cm³/mol. The summed E-state index contributed by atoms with van der Waals surface area (Å²) in [5.41, 5.74) is 7.38. The van der Waals surface area contributed by atoms with E-state index in [4.69, 9.17) is 5.73 Å². The molecule has 0 unspecified atom stereocenters. The SMILES string of the molecule is Nc1n[n+]([O-])c2cc(-c3ccncc3)ccc2[n+]1[O-]. The normalized spacial score (nSPS) is 10.7. The Bertz CT molecular complexity index is 761. The van der Waals surface area contributed by atoms with E-state index < -0.39 is 0 Å². The molecule has 3 rings (SSSR count). The van der Waals surface area contributed by atoms with Gasteiger partial charge in [0.15, 0.2) is 5.52 Å². The minimum Gasteiger partial charge on any atom is -0.739 e. The molecule has 0 saturated carbocycles. The smallest absolute Gasteiger partial charge is 0.458 e. The largest absolute Gasteiger partial charge is 0.739 e. The molecule has 0 aliphatic heterocycles. The lowest BCUT2D eigenvalue weighted by Crippen LogP contribution is -2.44. The molecular formula is C12H9N5O2. The van der Waals surface area contributed by atoms with Gasteiger partial charge in [-0.1, -0.05) is 6.07 Å². The summed E-state index contributed by atoms with van der Waals surface area (Å²) in [6.07, 6.45) is 3.31. The van der Waals surface area contributed by atoms with Crippen molar-refractivity contribution in [2.24, 2.45) is 0 Å². The van der Waals surface area contributed by atoms with Gasteiger partial charge in [0.2, 0.25) is 5.10 Å². The summed E-state index contributed by atoms with van der Waals surface area (Å²) in [6, 6.07) is 8.51. The zero-order valence-electron chi connectivity index (χ0n) is 9.72. The van der Waals surface area contributed by atoms with Gasteiger partial charge in [0.1, 0.15) is 0 Å². The molecule has 19 heavy (non-hydrogen) atoms. The zero-order chi connectivity index (χ0) is 13.4. The van der Waals surface area contributed by atoms with Gasteiger partial charge >= 0.3 is 5.95 Å². The van der Waals surface area contributed by atoms with Gasteiger partial charge in [-0.25, -0.2) is 4.73 Å². The van der Waals surface area contributed by atoms with E-state index >= 15 is 0 Å². The van der Waals surface area contributed by atoms with Crippen LogP contribution in [-0.4, -0.2) is 10.1 Å². The number of nitrogens with two attached hydrogens (primary N) is 1. The Morgan fingerprint density at radius 1 is 0.947 bits per heavy atom. The molecule has 0 fully saturated rings. The number of anilines is 1. The van der Waals surface area contributed by atoms with E-state index in [1.165, 1.54) is 0 Å². The first-order chi connectivity index (χ1) is 9.16. The number of fused-ring (bicyclic) bond motifs is 1. The van der Waals surface area contributed by atoms with Crippen LogP contribution in [0.4, 0.5) is 5.95 Å². The molecule has 1 aromatic carbocycles. The second-order valence-corrected chi connectivity index (χ2v) is 3.96. The molecule has 0 atom stereocenters. The molecule has 0 bridgehead atoms. The Morgan fingerprint density at radius 2 is 1.68 bits per heavy atom. The highest BCUT2D eigenvalue weighted by molar-refractivity contribution is 5.77. The minimum absolute atomic E-state index is 0.165. The van der Waals surface area contributed by atoms with Gasteiger partial charge in [-0.05, 0) is 29.3 Å². The molecule has 0 radical (unpaired) electrons. The summed E-state index contributed by atoms with van der Waals surface area (Å²) in [5.74, 6) is -0.376. The van der Waals surface area contributed by atoms with Crippen molar-refractivity contribution in [3.8, 4) is 11.1 Å². The molecule has 0 saturated heterocycles. The number of aromatic nitrogens is 4. The summed E-state index contributed by atoms with van der Waals surface area (Å²) in [6.45, 7) is 0. The summed E-state index contributed by atoms with van der Waals surface area (Å²) < 4.78 is 0.431. The Labute approximate surface area is 107 Å². The van der Waals surface area contributed by atoms with E-state index in [1.54, 1.807) is 30.6 Å². The summed E-state index contributed by atoms with van der Waals surface area (Å²) in [7, 11) is 0. The maximum atomic E-state index is 11.7. The van der Waals surface area contributed by atoms with Gasteiger partial charge in [0.25, 0.3) is 5.52 Å². The fourth-order valence-electron chi connectivity index (χ4n) is 1.88. The fourth-order valence-corrected chi connectivity index (χ4v) is 1.88. The molecule has 2 N–H and O–H groups in total. The quantitative estimate of drug-likeness (QED) is 0.492. The van der Waals surface area contributed by atoms with Crippen LogP contribution in [0.2, 0.25) is 0 Å². The first-order valence-corrected chi connectivity index (χ1v) is 5.50. The third-order valence-electron chi connectivity index (χ3n) is 2.82. The predicted octanol–water partition coefficient (Wildman–Crippen LogP) is 0.146. The summed E-state index contributed by atoms with van der Waals surface area (Å²) >= 11 is 0. The Kier molecular flexibility index (Phi) is 2.38. The number of rotatable bonds is 1. The lowest BCUT2D eigenvalue weighted by Gasteiger charge is -2.08. The highest BCUT2D eigenvalue weighted by Gasteiger charge is 2.17. The van der Waals surface area contributed by atoms with E-state index in [9.17, 15) is 10.4 Å². The lowest BCUT2D eigenvalue weighted by atomic mass is 10.1. The van der Waals surface area contributed by atoms with Crippen molar-refractivity contribution in [2.45, 2.75) is 0 Å². The van der Waals surface area contributed by atoms with Crippen LogP contribution in [0, 0.1) is 10.4 Å². The Morgan fingerprint density at radius 3 is 2.42 bits per heavy atom. The van der Waals surface area contributed by atoms with Crippen LogP contribution >= 0.6 is 0 Å². The average Bonchev–Trinajstić information content (AvgIpc) is 2.45. The number of benzene rings is 1. The Hall–Kier alpha value is -2.96. The Balaban J connectivity index is 2.28. The van der Waals surface area contributed by atoms with Crippen molar-refractivity contribution in [1.82, 2.24) is 10.1 Å². The van der Waals surface area contributed by atoms with Gasteiger partial charge in [0.05, 0.1) is 0 Å². The minimum atomic E-state index is -0.376. The third-order valence-corrected chi connectivity index (χ3v) is 2.82. The highest BCUT2D eigenvalue weighted by atomic mass is 16.5. The van der Waals surface area contributed by atoms with Crippen LogP contribution in [0.15, 0.2) is 42.7 Å². The van der Waals surface area contributed by atoms with Crippen molar-refractivity contribution >= 4 is 17.0 Å². The number of pyridine rings is 1. The van der Waals surface area contributed by atoms with Gasteiger partial charge in [-0.2, -0.15) is 0 Å². The van der Waals surface area contributed by atoms with Crippen molar-refractivity contribution in [3.63, 3.8) is 0 Å². The van der Waals surface area contributed by atoms with Crippen molar-refractivity contribution < 1.29 is 9.58 Å². The molecule has 0 spiro atoms. The number of hydrogen-bond donors (Lipinski definition) is 1. The summed E-state index contributed by atoms with van der Waals surface area (Å²) in [4.78, 5) is 4.28. The van der Waals surface area contributed by atoms with Crippen LogP contribution in [0.1, 0.15) is 0 Å². The second-order valence-electron chi connectivity index (χ2n) is 3.96. The van der Waals surface area contributed by atoms with E-state index in [0.717, 1.165) is 11.1 Å². The van der Waals surface area contributed by atoms with E-state index in [1.807, 2.05) is 12.1 Å². The number of nitrogens with zero attached hydrogens (tertiary/aromatic N) is 4. The number of nitrogen functional groups attached to an aromatic ring is 1. The van der Waals surface area contributed by atoms with Crippen molar-refractivity contribution in [2.75, 3.05) is 5.73 Å². The van der Waals surface area contributed by atoms with Crippen LogP contribution in [0.25, 0.3) is 22.2 Å². The first-order valence-electron chi connectivity index (χ1n) is 5.50. The average molecular weight is 255 g/mol. The zero-order valence-corrected chi connectivity index (χ0v) is 9.72. The molecule has 2 aromatic heterocycles. The molecule has 3 aromatic rings. The van der Waals surface area contributed by atoms with Gasteiger partial charge in [0, 0.05) is 23.3 Å². The standard InChI is InChI=1S/C12H9N5O2/c13-12-15-17(19)11-7-9(1-2-10(11)16(12)18)8-3-5-14-6-4-8/h1-7H,(H2,13,15). The molecule has 0 aliphatic rings.